The molecule has 0 saturated heterocycles. The molecule has 0 aliphatic rings. The first kappa shape index (κ1) is 5.27. The second kappa shape index (κ2) is 4.27. The standard InChI is InChI=1S/C2H7NOS/c1-2-5-4-3/h2-3H2,1H3. The fraction of sp³-hybridized carbons (Fsp3) is 1.00. The molecular formula is C2H7NOS. The predicted octanol–water partition coefficient (Wildman–Crippen LogP) is 0.545. The molecule has 5 heavy (non-hydrogen) atoms. The van der Waals surface area contributed by atoms with Crippen molar-refractivity contribution in [2.75, 3.05) is 5.75 Å². The lowest BCUT2D eigenvalue weighted by molar-refractivity contribution is 0.398. The van der Waals surface area contributed by atoms with Crippen molar-refractivity contribution in [3.8, 4) is 0 Å². The molecule has 0 aromatic carbocycles. The SMILES string of the molecule is CCSON. The van der Waals surface area contributed by atoms with Crippen molar-refractivity contribution in [2.45, 2.75) is 6.92 Å². The zero-order chi connectivity index (χ0) is 4.12. The molecule has 0 radical (unpaired) electrons. The van der Waals surface area contributed by atoms with Gasteiger partial charge in [-0.2, -0.15) is 0 Å². The molecule has 0 aromatic heterocycles. The van der Waals surface area contributed by atoms with Gasteiger partial charge in [0.25, 0.3) is 0 Å². The summed E-state index contributed by atoms with van der Waals surface area (Å²) >= 11 is 1.24. The molecule has 0 amide bonds. The summed E-state index contributed by atoms with van der Waals surface area (Å²) in [5.41, 5.74) is 0. The van der Waals surface area contributed by atoms with Crippen molar-refractivity contribution in [1.82, 2.24) is 0 Å². The molecule has 3 heteroatoms. The number of hydrogen-bond acceptors (Lipinski definition) is 3. The van der Waals surface area contributed by atoms with Crippen LogP contribution in [0.5, 0.6) is 0 Å². The van der Waals surface area contributed by atoms with Crippen molar-refractivity contribution in [3.05, 3.63) is 0 Å². The van der Waals surface area contributed by atoms with Crippen LogP contribution in [0, 0.1) is 0 Å². The number of hydrogen-bond donors (Lipinski definition) is 1. The van der Waals surface area contributed by atoms with E-state index in [0.717, 1.165) is 5.75 Å². The Morgan fingerprint density at radius 2 is 2.60 bits per heavy atom. The summed E-state index contributed by atoms with van der Waals surface area (Å²) in [5, 5.41) is 0. The highest BCUT2D eigenvalue weighted by atomic mass is 32.2. The van der Waals surface area contributed by atoms with Gasteiger partial charge in [0.05, 0.1) is 0 Å². The minimum atomic E-state index is 0.913. The second-order valence-electron chi connectivity index (χ2n) is 0.503. The van der Waals surface area contributed by atoms with E-state index in [4.69, 9.17) is 0 Å². The first-order valence-electron chi connectivity index (χ1n) is 1.40. The lowest BCUT2D eigenvalue weighted by atomic mass is 11.0. The predicted molar refractivity (Wildman–Crippen MR) is 23.4 cm³/mol. The van der Waals surface area contributed by atoms with Gasteiger partial charge in [-0.3, -0.25) is 0 Å². The summed E-state index contributed by atoms with van der Waals surface area (Å²) in [4.78, 5) is 0. The molecule has 0 spiro atoms. The Labute approximate surface area is 35.8 Å². The highest BCUT2D eigenvalue weighted by Gasteiger charge is 1.67. The van der Waals surface area contributed by atoms with Gasteiger partial charge in [0.2, 0.25) is 0 Å². The van der Waals surface area contributed by atoms with Crippen LogP contribution in [0.1, 0.15) is 6.92 Å². The Morgan fingerprint density at radius 3 is 2.60 bits per heavy atom. The van der Waals surface area contributed by atoms with Gasteiger partial charge >= 0.3 is 0 Å². The molecule has 0 aromatic rings. The molecule has 32 valence electrons. The molecule has 0 aliphatic carbocycles. The summed E-state index contributed by atoms with van der Waals surface area (Å²) in [5.74, 6) is 5.52. The van der Waals surface area contributed by atoms with E-state index >= 15 is 0 Å². The molecule has 0 saturated carbocycles. The van der Waals surface area contributed by atoms with Gasteiger partial charge in [0, 0.05) is 17.8 Å². The summed E-state index contributed by atoms with van der Waals surface area (Å²) in [7, 11) is 0. The van der Waals surface area contributed by atoms with E-state index in [9.17, 15) is 0 Å². The summed E-state index contributed by atoms with van der Waals surface area (Å²) in [6.07, 6.45) is 0. The normalized spacial score (nSPS) is 8.40. The molecule has 0 heterocycles. The summed E-state index contributed by atoms with van der Waals surface area (Å²) in [6, 6.07) is 0. The first-order valence-corrected chi connectivity index (χ1v) is 2.31. The van der Waals surface area contributed by atoms with E-state index in [2.05, 4.69) is 10.2 Å². The van der Waals surface area contributed by atoms with Crippen LogP contribution in [0.3, 0.4) is 0 Å². The van der Waals surface area contributed by atoms with Gasteiger partial charge in [-0.1, -0.05) is 6.92 Å². The van der Waals surface area contributed by atoms with Crippen LogP contribution in [0.15, 0.2) is 0 Å². The molecular weight excluding hydrogens is 86.1 g/mol. The smallest absolute Gasteiger partial charge is 0.0189 e. The molecule has 0 aliphatic heterocycles. The minimum Gasteiger partial charge on any atom is -0.234 e. The van der Waals surface area contributed by atoms with Crippen molar-refractivity contribution >= 4 is 12.0 Å². The highest BCUT2D eigenvalue weighted by molar-refractivity contribution is 7.94. The molecule has 0 fully saturated rings. The Morgan fingerprint density at radius 1 is 2.00 bits per heavy atom. The Hall–Kier alpha value is 0.270. The Kier molecular flexibility index (Phi) is 4.50. The summed E-state index contributed by atoms with van der Waals surface area (Å²) in [6.45, 7) is 1.97. The van der Waals surface area contributed by atoms with E-state index in [1.807, 2.05) is 6.92 Å². The third kappa shape index (κ3) is 4.27. The fourth-order valence-electron chi connectivity index (χ4n) is 0.0680. The van der Waals surface area contributed by atoms with Crippen LogP contribution in [-0.4, -0.2) is 5.75 Å². The maximum atomic E-state index is 4.60. The topological polar surface area (TPSA) is 35.2 Å². The van der Waals surface area contributed by atoms with Crippen LogP contribution < -0.4 is 5.90 Å². The van der Waals surface area contributed by atoms with Crippen LogP contribution in [-0.2, 0) is 4.28 Å². The van der Waals surface area contributed by atoms with Gasteiger partial charge in [-0.25, -0.2) is 10.2 Å². The number of rotatable bonds is 2. The van der Waals surface area contributed by atoms with E-state index in [0.29, 0.717) is 0 Å². The molecule has 2 nitrogen and oxygen atoms in total. The maximum Gasteiger partial charge on any atom is 0.0189 e. The zero-order valence-electron chi connectivity index (χ0n) is 3.10. The van der Waals surface area contributed by atoms with Crippen LogP contribution in [0.4, 0.5) is 0 Å². The van der Waals surface area contributed by atoms with Crippen LogP contribution in [0.25, 0.3) is 0 Å². The maximum absolute atomic E-state index is 4.60. The average molecular weight is 93.2 g/mol. The fourth-order valence-corrected chi connectivity index (χ4v) is 0.204. The van der Waals surface area contributed by atoms with Gasteiger partial charge in [-0.05, 0) is 0 Å². The largest absolute Gasteiger partial charge is 0.234 e. The van der Waals surface area contributed by atoms with Crippen LogP contribution in [0.2, 0.25) is 0 Å². The first-order chi connectivity index (χ1) is 2.41. The lowest BCUT2D eigenvalue weighted by Crippen LogP contribution is -1.86. The average Bonchev–Trinajstić information content (AvgIpc) is 1.41. The molecule has 0 atom stereocenters. The van der Waals surface area contributed by atoms with Gasteiger partial charge < -0.3 is 0 Å². The number of nitrogens with two attached hydrogens (primary N) is 1. The second-order valence-corrected chi connectivity index (χ2v) is 1.51. The van der Waals surface area contributed by atoms with E-state index in [-0.39, 0.29) is 0 Å². The summed E-state index contributed by atoms with van der Waals surface area (Å²) < 4.78 is 4.11. The lowest BCUT2D eigenvalue weighted by Gasteiger charge is -1.81. The van der Waals surface area contributed by atoms with E-state index < -0.39 is 0 Å². The highest BCUT2D eigenvalue weighted by Crippen LogP contribution is 1.91. The Balaban J connectivity index is 2.19. The molecule has 0 unspecified atom stereocenters. The van der Waals surface area contributed by atoms with Gasteiger partial charge in [-0.15, -0.1) is 0 Å². The third-order valence-electron chi connectivity index (χ3n) is 0.186. The third-order valence-corrected chi connectivity index (χ3v) is 0.558. The monoisotopic (exact) mass is 93.0 g/mol. The quantitative estimate of drug-likeness (QED) is 0.400. The Bertz CT molecular complexity index is 17.1. The van der Waals surface area contributed by atoms with Crippen molar-refractivity contribution in [1.29, 1.82) is 0 Å². The van der Waals surface area contributed by atoms with Crippen LogP contribution >= 0.6 is 12.0 Å². The molecule has 2 N–H and O–H groups in total. The van der Waals surface area contributed by atoms with Crippen molar-refractivity contribution < 1.29 is 4.28 Å². The molecule has 0 bridgehead atoms. The van der Waals surface area contributed by atoms with E-state index in [1.54, 1.807) is 0 Å². The minimum absolute atomic E-state index is 0.913. The molecule has 0 rings (SSSR count). The van der Waals surface area contributed by atoms with Gasteiger partial charge in [0.1, 0.15) is 0 Å². The zero-order valence-corrected chi connectivity index (χ0v) is 3.92. The van der Waals surface area contributed by atoms with Crippen molar-refractivity contribution in [2.24, 2.45) is 5.90 Å². The van der Waals surface area contributed by atoms with Gasteiger partial charge in [0.15, 0.2) is 0 Å². The van der Waals surface area contributed by atoms with E-state index in [1.165, 1.54) is 12.0 Å². The van der Waals surface area contributed by atoms with Crippen molar-refractivity contribution in [3.63, 3.8) is 0 Å².